The van der Waals surface area contributed by atoms with Crippen molar-refractivity contribution in [2.45, 2.75) is 6.92 Å². The summed E-state index contributed by atoms with van der Waals surface area (Å²) in [6.45, 7) is 2.98. The molecule has 0 radical (unpaired) electrons. The van der Waals surface area contributed by atoms with Gasteiger partial charge in [-0.25, -0.2) is 4.98 Å². The first kappa shape index (κ1) is 7.70. The van der Waals surface area contributed by atoms with E-state index in [1.54, 1.807) is 17.1 Å². The molecular formula is C6H9N2PS. The summed E-state index contributed by atoms with van der Waals surface area (Å²) in [7, 11) is 3.26. The normalized spacial score (nSPS) is 9.30. The Kier molecular flexibility index (Phi) is 2.84. The second kappa shape index (κ2) is 3.69. The number of hydrogen-bond donors (Lipinski definition) is 1. The smallest absolute Gasteiger partial charge is 0.183 e. The van der Waals surface area contributed by atoms with Crippen molar-refractivity contribution in [3.8, 4) is 0 Å². The van der Waals surface area contributed by atoms with Crippen molar-refractivity contribution in [2.75, 3.05) is 11.9 Å². The van der Waals surface area contributed by atoms with Gasteiger partial charge in [0.25, 0.3) is 0 Å². The molecule has 0 aliphatic heterocycles. The first-order valence-electron chi connectivity index (χ1n) is 3.06. The highest BCUT2D eigenvalue weighted by molar-refractivity contribution is 7.19. The Hall–Kier alpha value is -0.400. The third kappa shape index (κ3) is 1.79. The van der Waals surface area contributed by atoms with E-state index < -0.39 is 0 Å². The molecule has 0 aliphatic rings. The van der Waals surface area contributed by atoms with Gasteiger partial charge in [0.2, 0.25) is 0 Å². The maximum absolute atomic E-state index is 4.22. The molecule has 4 heteroatoms. The van der Waals surface area contributed by atoms with Crippen LogP contribution in [0.25, 0.3) is 0 Å². The maximum Gasteiger partial charge on any atom is 0.183 e. The molecular weight excluding hydrogens is 163 g/mol. The lowest BCUT2D eigenvalue weighted by molar-refractivity contribution is 1.19. The summed E-state index contributed by atoms with van der Waals surface area (Å²) >= 11 is 1.61. The molecule has 0 aliphatic carbocycles. The van der Waals surface area contributed by atoms with Crippen LogP contribution in [0.15, 0.2) is 5.38 Å². The zero-order valence-electron chi connectivity index (χ0n) is 5.72. The minimum absolute atomic E-state index is 0.925. The highest BCUT2D eigenvalue weighted by Crippen LogP contribution is 2.13. The van der Waals surface area contributed by atoms with E-state index in [0.717, 1.165) is 17.4 Å². The van der Waals surface area contributed by atoms with Gasteiger partial charge in [-0.2, -0.15) is 0 Å². The van der Waals surface area contributed by atoms with Crippen LogP contribution in [-0.2, 0) is 0 Å². The number of nitrogens with one attached hydrogen (secondary N) is 1. The third-order valence-corrected chi connectivity index (χ3v) is 2.11. The third-order valence-electron chi connectivity index (χ3n) is 0.998. The lowest BCUT2D eigenvalue weighted by atomic mass is 10.6. The Morgan fingerprint density at radius 3 is 3.20 bits per heavy atom. The van der Waals surface area contributed by atoms with E-state index in [2.05, 4.69) is 26.1 Å². The van der Waals surface area contributed by atoms with Gasteiger partial charge >= 0.3 is 0 Å². The SMILES string of the molecule is CCNc1nc(C=P)cs1. The van der Waals surface area contributed by atoms with E-state index in [4.69, 9.17) is 0 Å². The molecule has 1 aromatic heterocycles. The largest absolute Gasteiger partial charge is 0.362 e. The van der Waals surface area contributed by atoms with Crippen LogP contribution in [0.3, 0.4) is 0 Å². The zero-order valence-corrected chi connectivity index (χ0v) is 7.53. The number of nitrogens with zero attached hydrogens (tertiary/aromatic N) is 1. The fourth-order valence-electron chi connectivity index (χ4n) is 0.585. The van der Waals surface area contributed by atoms with Gasteiger partial charge < -0.3 is 5.32 Å². The van der Waals surface area contributed by atoms with Crippen LogP contribution in [0.4, 0.5) is 5.13 Å². The van der Waals surface area contributed by atoms with Gasteiger partial charge in [0.05, 0.1) is 5.69 Å². The van der Waals surface area contributed by atoms with Crippen LogP contribution < -0.4 is 5.32 Å². The summed E-state index contributed by atoms with van der Waals surface area (Å²) in [6, 6.07) is 0. The molecule has 1 rings (SSSR count). The quantitative estimate of drug-likeness (QED) is 0.704. The van der Waals surface area contributed by atoms with Gasteiger partial charge in [-0.15, -0.1) is 20.2 Å². The number of thiazole rings is 1. The van der Waals surface area contributed by atoms with Gasteiger partial charge in [0, 0.05) is 11.9 Å². The molecule has 0 unspecified atom stereocenters. The molecule has 2 nitrogen and oxygen atoms in total. The molecule has 0 fully saturated rings. The van der Waals surface area contributed by atoms with Gasteiger partial charge in [-0.05, 0) is 12.7 Å². The fraction of sp³-hybridized carbons (Fsp3) is 0.333. The molecule has 1 aromatic rings. The van der Waals surface area contributed by atoms with E-state index in [1.165, 1.54) is 0 Å². The molecule has 0 saturated heterocycles. The van der Waals surface area contributed by atoms with Crippen molar-refractivity contribution in [3.05, 3.63) is 11.1 Å². The van der Waals surface area contributed by atoms with E-state index in [-0.39, 0.29) is 0 Å². The average Bonchev–Trinajstić information content (AvgIpc) is 2.37. The average molecular weight is 172 g/mol. The van der Waals surface area contributed by atoms with Crippen LogP contribution in [0.1, 0.15) is 12.6 Å². The summed E-state index contributed by atoms with van der Waals surface area (Å²) < 4.78 is 0. The summed E-state index contributed by atoms with van der Waals surface area (Å²) in [5.74, 6) is 1.80. The molecule has 54 valence electrons. The summed E-state index contributed by atoms with van der Waals surface area (Å²) in [5, 5.41) is 6.10. The molecule has 1 N–H and O–H groups in total. The van der Waals surface area contributed by atoms with Crippen molar-refractivity contribution in [1.29, 1.82) is 0 Å². The van der Waals surface area contributed by atoms with Crippen molar-refractivity contribution < 1.29 is 0 Å². The summed E-state index contributed by atoms with van der Waals surface area (Å²) in [5.41, 5.74) is 0.970. The number of rotatable bonds is 3. The summed E-state index contributed by atoms with van der Waals surface area (Å²) in [6.07, 6.45) is 0. The Bertz CT molecular complexity index is 221. The van der Waals surface area contributed by atoms with Gasteiger partial charge in [0.15, 0.2) is 5.13 Å². The van der Waals surface area contributed by atoms with Crippen LogP contribution in [0.5, 0.6) is 0 Å². The summed E-state index contributed by atoms with van der Waals surface area (Å²) in [4.78, 5) is 4.22. The first-order chi connectivity index (χ1) is 4.86. The monoisotopic (exact) mass is 172 g/mol. The van der Waals surface area contributed by atoms with Crippen molar-refractivity contribution in [1.82, 2.24) is 4.98 Å². The van der Waals surface area contributed by atoms with Crippen LogP contribution in [0, 0.1) is 0 Å². The van der Waals surface area contributed by atoms with E-state index in [1.807, 2.05) is 5.38 Å². The van der Waals surface area contributed by atoms with E-state index in [0.29, 0.717) is 0 Å². The standard InChI is InChI=1S/C6H9N2PS/c1-2-7-6-8-5(3-9)4-10-6/h3-4,9H,2H2,1H3,(H,7,8). The minimum atomic E-state index is 0.925. The molecule has 0 bridgehead atoms. The highest BCUT2D eigenvalue weighted by atomic mass is 32.1. The van der Waals surface area contributed by atoms with Crippen molar-refractivity contribution in [2.24, 2.45) is 0 Å². The molecule has 0 aromatic carbocycles. The molecule has 0 amide bonds. The highest BCUT2D eigenvalue weighted by Gasteiger charge is 1.94. The molecule has 0 spiro atoms. The zero-order chi connectivity index (χ0) is 7.40. The molecule has 10 heavy (non-hydrogen) atoms. The van der Waals surface area contributed by atoms with Crippen molar-refractivity contribution >= 4 is 31.1 Å². The Balaban J connectivity index is 2.68. The lowest BCUT2D eigenvalue weighted by Crippen LogP contribution is -1.95. The topological polar surface area (TPSA) is 24.9 Å². The van der Waals surface area contributed by atoms with Crippen LogP contribution >= 0.6 is 20.2 Å². The lowest BCUT2D eigenvalue weighted by Gasteiger charge is -1.92. The predicted octanol–water partition coefficient (Wildman–Crippen LogP) is 1.87. The fourth-order valence-corrected chi connectivity index (χ4v) is 1.59. The van der Waals surface area contributed by atoms with Gasteiger partial charge in [-0.3, -0.25) is 0 Å². The van der Waals surface area contributed by atoms with E-state index >= 15 is 0 Å². The Morgan fingerprint density at radius 1 is 1.90 bits per heavy atom. The number of hydrogen-bond acceptors (Lipinski definition) is 3. The maximum atomic E-state index is 4.22. The first-order valence-corrected chi connectivity index (χ1v) is 4.52. The molecule has 0 saturated carbocycles. The number of anilines is 1. The second-order valence-corrected chi connectivity index (χ2v) is 2.90. The molecule has 1 heterocycles. The number of aromatic nitrogens is 1. The van der Waals surface area contributed by atoms with Gasteiger partial charge in [0.1, 0.15) is 0 Å². The Labute approximate surface area is 66.5 Å². The van der Waals surface area contributed by atoms with Crippen LogP contribution in [-0.4, -0.2) is 17.3 Å². The Morgan fingerprint density at radius 2 is 2.70 bits per heavy atom. The second-order valence-electron chi connectivity index (χ2n) is 1.75. The van der Waals surface area contributed by atoms with Crippen LogP contribution in [0.2, 0.25) is 0 Å². The predicted molar refractivity (Wildman–Crippen MR) is 49.8 cm³/mol. The van der Waals surface area contributed by atoms with E-state index in [9.17, 15) is 0 Å². The van der Waals surface area contributed by atoms with Crippen molar-refractivity contribution in [3.63, 3.8) is 0 Å². The van der Waals surface area contributed by atoms with Gasteiger partial charge in [-0.1, -0.05) is 0 Å². The molecule has 0 atom stereocenters. The minimum Gasteiger partial charge on any atom is -0.362 e.